The van der Waals surface area contributed by atoms with Crippen LogP contribution in [0.1, 0.15) is 18.5 Å². The molecule has 1 saturated heterocycles. The highest BCUT2D eigenvalue weighted by atomic mass is 32.2. The number of carbonyl (C=O) groups excluding carboxylic acids is 1. The Morgan fingerprint density at radius 2 is 2.10 bits per heavy atom. The molecule has 0 aliphatic carbocycles. The molecule has 1 fully saturated rings. The standard InChI is InChI=1S/C17H20N2OS/c1-12(19-17(20)16-11-21-10-9-18-16)14-8-4-6-13-5-2-3-7-15(13)14/h2-8,12,16,18H,9-11H2,1H3,(H,19,20). The van der Waals surface area contributed by atoms with Crippen LogP contribution in [-0.4, -0.2) is 30.0 Å². The minimum Gasteiger partial charge on any atom is -0.348 e. The summed E-state index contributed by atoms with van der Waals surface area (Å²) in [6, 6.07) is 14.5. The van der Waals surface area contributed by atoms with Crippen LogP contribution in [0, 0.1) is 0 Å². The van der Waals surface area contributed by atoms with Gasteiger partial charge in [-0.2, -0.15) is 11.8 Å². The van der Waals surface area contributed by atoms with Gasteiger partial charge >= 0.3 is 0 Å². The molecule has 2 atom stereocenters. The summed E-state index contributed by atoms with van der Waals surface area (Å²) in [5.74, 6) is 2.04. The van der Waals surface area contributed by atoms with Crippen molar-refractivity contribution < 1.29 is 4.79 Å². The van der Waals surface area contributed by atoms with Crippen molar-refractivity contribution in [3.63, 3.8) is 0 Å². The van der Waals surface area contributed by atoms with Gasteiger partial charge < -0.3 is 10.6 Å². The third kappa shape index (κ3) is 3.22. The van der Waals surface area contributed by atoms with E-state index in [-0.39, 0.29) is 18.0 Å². The maximum absolute atomic E-state index is 12.3. The number of thioether (sulfide) groups is 1. The van der Waals surface area contributed by atoms with Crippen LogP contribution in [0.25, 0.3) is 10.8 Å². The highest BCUT2D eigenvalue weighted by Crippen LogP contribution is 2.24. The van der Waals surface area contributed by atoms with Gasteiger partial charge in [0.15, 0.2) is 0 Å². The van der Waals surface area contributed by atoms with E-state index in [2.05, 4.69) is 47.9 Å². The SMILES string of the molecule is CC(NC(=O)C1CSCCN1)c1cccc2ccccc12. The average molecular weight is 300 g/mol. The van der Waals surface area contributed by atoms with Gasteiger partial charge in [0, 0.05) is 18.1 Å². The Morgan fingerprint density at radius 3 is 2.90 bits per heavy atom. The van der Waals surface area contributed by atoms with Crippen molar-refractivity contribution >= 4 is 28.4 Å². The van der Waals surface area contributed by atoms with E-state index in [9.17, 15) is 4.79 Å². The van der Waals surface area contributed by atoms with E-state index in [0.29, 0.717) is 0 Å². The second-order valence-electron chi connectivity index (χ2n) is 5.38. The molecule has 0 bridgehead atoms. The highest BCUT2D eigenvalue weighted by molar-refractivity contribution is 7.99. The van der Waals surface area contributed by atoms with Crippen molar-refractivity contribution in [1.29, 1.82) is 0 Å². The minimum atomic E-state index is -0.0684. The molecule has 0 saturated carbocycles. The molecule has 4 heteroatoms. The number of carbonyl (C=O) groups is 1. The van der Waals surface area contributed by atoms with Crippen LogP contribution in [0.5, 0.6) is 0 Å². The molecule has 1 aliphatic heterocycles. The van der Waals surface area contributed by atoms with Crippen LogP contribution in [0.15, 0.2) is 42.5 Å². The third-order valence-corrected chi connectivity index (χ3v) is 4.95. The van der Waals surface area contributed by atoms with Gasteiger partial charge in [-0.1, -0.05) is 42.5 Å². The molecule has 0 spiro atoms. The summed E-state index contributed by atoms with van der Waals surface area (Å²) in [5.41, 5.74) is 1.17. The lowest BCUT2D eigenvalue weighted by Gasteiger charge is -2.25. The fraction of sp³-hybridized carbons (Fsp3) is 0.353. The first-order chi connectivity index (χ1) is 10.3. The van der Waals surface area contributed by atoms with E-state index in [1.165, 1.54) is 16.3 Å². The lowest BCUT2D eigenvalue weighted by molar-refractivity contribution is -0.123. The van der Waals surface area contributed by atoms with E-state index in [1.807, 2.05) is 23.9 Å². The molecular weight excluding hydrogens is 280 g/mol. The van der Waals surface area contributed by atoms with Crippen molar-refractivity contribution in [2.24, 2.45) is 0 Å². The first-order valence-corrected chi connectivity index (χ1v) is 8.50. The molecule has 2 aromatic rings. The Morgan fingerprint density at radius 1 is 1.29 bits per heavy atom. The molecule has 0 radical (unpaired) electrons. The van der Waals surface area contributed by atoms with Gasteiger partial charge in [0.25, 0.3) is 0 Å². The van der Waals surface area contributed by atoms with Gasteiger partial charge in [0.2, 0.25) is 5.91 Å². The molecule has 110 valence electrons. The fourth-order valence-electron chi connectivity index (χ4n) is 2.75. The molecule has 2 aromatic carbocycles. The summed E-state index contributed by atoms with van der Waals surface area (Å²) in [6.45, 7) is 2.96. The lowest BCUT2D eigenvalue weighted by atomic mass is 9.99. The van der Waals surface area contributed by atoms with Crippen molar-refractivity contribution in [3.8, 4) is 0 Å². The molecule has 3 rings (SSSR count). The molecular formula is C17H20N2OS. The number of hydrogen-bond acceptors (Lipinski definition) is 3. The van der Waals surface area contributed by atoms with Gasteiger partial charge in [-0.25, -0.2) is 0 Å². The molecule has 1 aliphatic rings. The molecule has 1 heterocycles. The second-order valence-corrected chi connectivity index (χ2v) is 6.53. The number of benzene rings is 2. The van der Waals surface area contributed by atoms with Crippen LogP contribution in [0.2, 0.25) is 0 Å². The van der Waals surface area contributed by atoms with E-state index in [4.69, 9.17) is 0 Å². The number of nitrogens with one attached hydrogen (secondary N) is 2. The van der Waals surface area contributed by atoms with Crippen LogP contribution in [0.4, 0.5) is 0 Å². The maximum atomic E-state index is 12.3. The molecule has 2 unspecified atom stereocenters. The Hall–Kier alpha value is -1.52. The Labute approximate surface area is 129 Å². The average Bonchev–Trinajstić information content (AvgIpc) is 2.55. The predicted octanol–water partition coefficient (Wildman–Crippen LogP) is 2.72. The maximum Gasteiger partial charge on any atom is 0.238 e. The van der Waals surface area contributed by atoms with Gasteiger partial charge in [0.05, 0.1) is 12.1 Å². The zero-order chi connectivity index (χ0) is 14.7. The monoisotopic (exact) mass is 300 g/mol. The second kappa shape index (κ2) is 6.50. The molecule has 1 amide bonds. The smallest absolute Gasteiger partial charge is 0.238 e. The number of fused-ring (bicyclic) bond motifs is 1. The first kappa shape index (κ1) is 14.4. The van der Waals surface area contributed by atoms with Gasteiger partial charge in [-0.15, -0.1) is 0 Å². The van der Waals surface area contributed by atoms with Crippen molar-refractivity contribution in [2.45, 2.75) is 19.0 Å². The zero-order valence-electron chi connectivity index (χ0n) is 12.1. The van der Waals surface area contributed by atoms with E-state index < -0.39 is 0 Å². The quantitative estimate of drug-likeness (QED) is 0.916. The summed E-state index contributed by atoms with van der Waals surface area (Å²) >= 11 is 1.83. The molecule has 0 aromatic heterocycles. The summed E-state index contributed by atoms with van der Waals surface area (Å²) < 4.78 is 0. The van der Waals surface area contributed by atoms with Crippen LogP contribution >= 0.6 is 11.8 Å². The van der Waals surface area contributed by atoms with Gasteiger partial charge in [0.1, 0.15) is 0 Å². The summed E-state index contributed by atoms with van der Waals surface area (Å²) in [7, 11) is 0. The van der Waals surface area contributed by atoms with E-state index in [0.717, 1.165) is 18.1 Å². The topological polar surface area (TPSA) is 41.1 Å². The fourth-order valence-corrected chi connectivity index (χ4v) is 3.69. The molecule has 2 N–H and O–H groups in total. The Bertz CT molecular complexity index is 632. The summed E-state index contributed by atoms with van der Waals surface area (Å²) in [4.78, 5) is 12.3. The normalized spacial score (nSPS) is 20.1. The predicted molar refractivity (Wildman–Crippen MR) is 89.6 cm³/mol. The Balaban J connectivity index is 1.77. The van der Waals surface area contributed by atoms with Crippen LogP contribution in [0.3, 0.4) is 0 Å². The summed E-state index contributed by atoms with van der Waals surface area (Å²) in [5, 5.41) is 8.84. The molecule has 21 heavy (non-hydrogen) atoms. The van der Waals surface area contributed by atoms with Gasteiger partial charge in [-0.05, 0) is 23.3 Å². The first-order valence-electron chi connectivity index (χ1n) is 7.35. The van der Waals surface area contributed by atoms with Crippen molar-refractivity contribution in [3.05, 3.63) is 48.0 Å². The van der Waals surface area contributed by atoms with E-state index in [1.54, 1.807) is 0 Å². The van der Waals surface area contributed by atoms with Crippen molar-refractivity contribution in [1.82, 2.24) is 10.6 Å². The Kier molecular flexibility index (Phi) is 4.46. The lowest BCUT2D eigenvalue weighted by Crippen LogP contribution is -2.49. The summed E-state index contributed by atoms with van der Waals surface area (Å²) in [6.07, 6.45) is 0. The minimum absolute atomic E-state index is 0.0114. The van der Waals surface area contributed by atoms with Gasteiger partial charge in [-0.3, -0.25) is 4.79 Å². The number of rotatable bonds is 3. The number of amides is 1. The van der Waals surface area contributed by atoms with Crippen molar-refractivity contribution in [2.75, 3.05) is 18.1 Å². The zero-order valence-corrected chi connectivity index (χ0v) is 13.0. The highest BCUT2D eigenvalue weighted by Gasteiger charge is 2.22. The van der Waals surface area contributed by atoms with E-state index >= 15 is 0 Å². The van der Waals surface area contributed by atoms with Crippen LogP contribution < -0.4 is 10.6 Å². The molecule has 3 nitrogen and oxygen atoms in total. The van der Waals surface area contributed by atoms with Crippen LogP contribution in [-0.2, 0) is 4.79 Å². The largest absolute Gasteiger partial charge is 0.348 e. The third-order valence-electron chi connectivity index (χ3n) is 3.89. The number of hydrogen-bond donors (Lipinski definition) is 2.